The molecule has 7 nitrogen and oxygen atoms in total. The van der Waals surface area contributed by atoms with Crippen molar-refractivity contribution in [2.75, 3.05) is 13.7 Å². The largest absolute Gasteiger partial charge is 0.367 e. The number of halogens is 2. The molecule has 9 heteroatoms. The van der Waals surface area contributed by atoms with E-state index < -0.39 is 10.2 Å². The second-order valence-electron chi connectivity index (χ2n) is 5.39. The van der Waals surface area contributed by atoms with Gasteiger partial charge in [0.05, 0.1) is 7.05 Å². The molecule has 0 spiro atoms. The predicted molar refractivity (Wildman–Crippen MR) is 90.9 cm³/mol. The lowest BCUT2D eigenvalue weighted by atomic mass is 9.95. The van der Waals surface area contributed by atoms with Crippen LogP contribution in [0.5, 0.6) is 0 Å². The fourth-order valence-corrected chi connectivity index (χ4v) is 2.76. The molecule has 0 aliphatic heterocycles. The van der Waals surface area contributed by atoms with Crippen LogP contribution in [0.4, 0.5) is 0 Å². The second kappa shape index (κ2) is 11.5. The first kappa shape index (κ1) is 23.7. The second-order valence-corrected chi connectivity index (χ2v) is 7.07. The number of likely N-dealkylation sites (N-methyl/N-ethyl adjacent to an activating group) is 1. The van der Waals surface area contributed by atoms with E-state index in [0.717, 1.165) is 10.0 Å². The van der Waals surface area contributed by atoms with E-state index in [0.29, 0.717) is 12.2 Å². The van der Waals surface area contributed by atoms with Crippen LogP contribution in [0, 0.1) is 10.2 Å². The first-order chi connectivity index (χ1) is 12.7. The number of hydrogen-bond acceptors (Lipinski definition) is 6. The third kappa shape index (κ3) is 8.91. The van der Waals surface area contributed by atoms with Gasteiger partial charge in [0.2, 0.25) is 5.78 Å². The summed E-state index contributed by atoms with van der Waals surface area (Å²) in [6.07, 6.45) is -0.268. The van der Waals surface area contributed by atoms with E-state index in [9.17, 15) is 4.79 Å². The third-order valence-corrected chi connectivity index (χ3v) is 4.12. The summed E-state index contributed by atoms with van der Waals surface area (Å²) in [5, 5.41) is 1.93. The van der Waals surface area contributed by atoms with E-state index in [1.165, 1.54) is 0 Å². The third-order valence-electron chi connectivity index (χ3n) is 3.59. The number of benzene rings is 2. The molecule has 2 aromatic carbocycles. The summed E-state index contributed by atoms with van der Waals surface area (Å²) in [5.74, 6) is 0.0875. The zero-order valence-corrected chi connectivity index (χ0v) is 17.2. The Balaban J connectivity index is 0.000000646. The maximum Gasteiger partial charge on any atom is 0.222 e. The number of quaternary nitrogens is 1. The van der Waals surface area contributed by atoms with E-state index in [1.54, 1.807) is 0 Å². The Bertz CT molecular complexity index is 687. The fourth-order valence-electron chi connectivity index (χ4n) is 2.50. The van der Waals surface area contributed by atoms with E-state index in [4.69, 9.17) is 23.4 Å². The molecule has 0 bridgehead atoms. The lowest BCUT2D eigenvalue weighted by Crippen LogP contribution is -2.89. The smallest absolute Gasteiger partial charge is 0.222 e. The Hall–Kier alpha value is -1.36. The van der Waals surface area contributed by atoms with Crippen LogP contribution in [0.2, 0.25) is 0 Å². The van der Waals surface area contributed by atoms with Gasteiger partial charge in [-0.2, -0.15) is 0 Å². The summed E-state index contributed by atoms with van der Waals surface area (Å²) in [6.45, 7) is 2.51. The van der Waals surface area contributed by atoms with Crippen molar-refractivity contribution in [3.63, 3.8) is 0 Å². The van der Waals surface area contributed by atoms with Crippen molar-refractivity contribution in [3.8, 4) is 0 Å². The quantitative estimate of drug-likeness (QED) is 0.483. The van der Waals surface area contributed by atoms with E-state index in [1.807, 2.05) is 73.9 Å². The van der Waals surface area contributed by atoms with Crippen molar-refractivity contribution in [2.24, 2.45) is 0 Å². The van der Waals surface area contributed by atoms with Crippen molar-refractivity contribution < 1.29 is 43.7 Å². The van der Waals surface area contributed by atoms with E-state index in [2.05, 4.69) is 15.9 Å². The lowest BCUT2D eigenvalue weighted by Gasteiger charge is -2.23. The molecule has 0 amide bonds. The number of carbonyl (C=O) groups is 1. The zero-order valence-electron chi connectivity index (χ0n) is 14.8. The number of ether oxygens (including phenoxy) is 1. The van der Waals surface area contributed by atoms with Gasteiger partial charge in [0.15, 0.2) is 6.04 Å². The molecular weight excluding hydrogens is 442 g/mol. The van der Waals surface area contributed by atoms with Crippen LogP contribution in [-0.4, -0.2) is 25.5 Å². The first-order valence-corrected chi connectivity index (χ1v) is 10.1. The number of Topliss-reactive ketones (excluding diaryl/α,β-unsaturated/α-hetero) is 1. The van der Waals surface area contributed by atoms with Crippen molar-refractivity contribution in [1.82, 2.24) is 0 Å². The van der Waals surface area contributed by atoms with Gasteiger partial charge >= 0.3 is 0 Å². The first-order valence-electron chi connectivity index (χ1n) is 8.05. The summed E-state index contributed by atoms with van der Waals surface area (Å²) >= 11 is 3.44. The van der Waals surface area contributed by atoms with Gasteiger partial charge in [-0.25, -0.2) is 18.6 Å². The minimum Gasteiger partial charge on any atom is -0.367 e. The summed E-state index contributed by atoms with van der Waals surface area (Å²) in [4.78, 5) is 12.8. The van der Waals surface area contributed by atoms with Gasteiger partial charge in [0.1, 0.15) is 6.10 Å². The topological polar surface area (TPSA) is 135 Å². The number of hydrogen-bond donors (Lipinski definition) is 1. The molecule has 0 heterocycles. The molecule has 0 aromatic heterocycles. The fraction of sp³-hybridized carbons (Fsp3) is 0.278. The van der Waals surface area contributed by atoms with Crippen molar-refractivity contribution in [2.45, 2.75) is 19.1 Å². The molecule has 2 atom stereocenters. The average Bonchev–Trinajstić information content (AvgIpc) is 2.61. The van der Waals surface area contributed by atoms with Crippen LogP contribution in [-0.2, 0) is 4.74 Å². The zero-order chi connectivity index (χ0) is 20.4. The Kier molecular flexibility index (Phi) is 10.1. The molecule has 2 aromatic rings. The molecule has 0 fully saturated rings. The molecule has 148 valence electrons. The van der Waals surface area contributed by atoms with Crippen LogP contribution in [0.1, 0.15) is 28.9 Å². The summed E-state index contributed by atoms with van der Waals surface area (Å²) in [7, 11) is -3.03. The molecule has 27 heavy (non-hydrogen) atoms. The van der Waals surface area contributed by atoms with Gasteiger partial charge in [-0.05, 0) is 24.6 Å². The van der Waals surface area contributed by atoms with Gasteiger partial charge < -0.3 is 10.1 Å². The highest BCUT2D eigenvalue weighted by Crippen LogP contribution is 2.24. The average molecular weight is 463 g/mol. The Morgan fingerprint density at radius 2 is 1.59 bits per heavy atom. The highest BCUT2D eigenvalue weighted by Gasteiger charge is 2.33. The van der Waals surface area contributed by atoms with Gasteiger partial charge in [-0.3, -0.25) is 4.79 Å². The molecule has 2 rings (SSSR count). The normalized spacial score (nSPS) is 13.3. The van der Waals surface area contributed by atoms with Crippen LogP contribution in [0.15, 0.2) is 59.1 Å². The maximum atomic E-state index is 12.8. The van der Waals surface area contributed by atoms with Crippen molar-refractivity contribution in [1.29, 1.82) is 0 Å². The molecule has 0 saturated carbocycles. The summed E-state index contributed by atoms with van der Waals surface area (Å²) in [5.41, 5.74) is 1.73. The van der Waals surface area contributed by atoms with Crippen LogP contribution in [0.3, 0.4) is 0 Å². The molecule has 0 saturated heterocycles. The van der Waals surface area contributed by atoms with Crippen LogP contribution in [0.25, 0.3) is 0 Å². The SMILES string of the molecule is CCOC(c1ccc(Br)cc1)C([NH2+]C)C(=O)c1ccccc1.[O-][Cl+3]([O-])([O-])[O-]. The van der Waals surface area contributed by atoms with Crippen molar-refractivity contribution >= 4 is 21.7 Å². The highest BCUT2D eigenvalue weighted by molar-refractivity contribution is 9.10. The molecule has 2 N–H and O–H groups in total. The molecular formula is C18H21BrClNO6. The minimum absolute atomic E-state index is 0.0875. The Morgan fingerprint density at radius 3 is 2.04 bits per heavy atom. The molecule has 0 aliphatic carbocycles. The number of ketones is 1. The number of carbonyl (C=O) groups excluding carboxylic acids is 1. The summed E-state index contributed by atoms with van der Waals surface area (Å²) < 4.78 is 40.9. The van der Waals surface area contributed by atoms with Gasteiger partial charge in [0, 0.05) is 16.6 Å². The molecule has 2 unspecified atom stereocenters. The molecule has 0 aliphatic rings. The van der Waals surface area contributed by atoms with Gasteiger partial charge in [0.25, 0.3) is 0 Å². The van der Waals surface area contributed by atoms with Gasteiger partial charge in [-0.15, -0.1) is 10.2 Å². The maximum absolute atomic E-state index is 12.8. The Labute approximate surface area is 168 Å². The number of rotatable bonds is 7. The van der Waals surface area contributed by atoms with Crippen LogP contribution >= 0.6 is 15.9 Å². The van der Waals surface area contributed by atoms with Gasteiger partial charge in [-0.1, -0.05) is 58.4 Å². The molecule has 0 radical (unpaired) electrons. The standard InChI is InChI=1S/C18H20BrNO2.ClHO4/c1-3-22-18(14-9-11-15(19)12-10-14)16(20-2)17(21)13-7-5-4-6-8-13;2-1(3,4)5/h4-12,16,18,20H,3H2,1-2H3;(H,2,3,4,5). The highest BCUT2D eigenvalue weighted by atomic mass is 79.9. The minimum atomic E-state index is -4.94. The monoisotopic (exact) mass is 461 g/mol. The number of nitrogens with two attached hydrogens (primary N) is 1. The van der Waals surface area contributed by atoms with Crippen molar-refractivity contribution in [3.05, 3.63) is 70.2 Å². The van der Waals surface area contributed by atoms with E-state index in [-0.39, 0.29) is 17.9 Å². The lowest BCUT2D eigenvalue weighted by molar-refractivity contribution is -2.00. The summed E-state index contributed by atoms with van der Waals surface area (Å²) in [6, 6.07) is 17.0. The van der Waals surface area contributed by atoms with Crippen LogP contribution < -0.4 is 24.0 Å². The Morgan fingerprint density at radius 1 is 1.07 bits per heavy atom. The van der Waals surface area contributed by atoms with E-state index >= 15 is 0 Å². The predicted octanol–water partition coefficient (Wildman–Crippen LogP) is -1.78.